The Balaban J connectivity index is 1.98. The number of rotatable bonds is 9. The number of carbonyl (C=O) groups is 1. The van der Waals surface area contributed by atoms with Crippen LogP contribution in [-0.2, 0) is 11.3 Å². The largest absolute Gasteiger partial charge is 0.383 e. The second kappa shape index (κ2) is 11.2. The molecule has 0 aliphatic carbocycles. The van der Waals surface area contributed by atoms with Crippen molar-refractivity contribution in [1.82, 2.24) is 14.5 Å². The van der Waals surface area contributed by atoms with Gasteiger partial charge in [-0.3, -0.25) is 9.36 Å². The van der Waals surface area contributed by atoms with Crippen molar-refractivity contribution in [3.8, 4) is 0 Å². The summed E-state index contributed by atoms with van der Waals surface area (Å²) in [4.78, 5) is 34.0. The van der Waals surface area contributed by atoms with E-state index in [-0.39, 0.29) is 11.6 Å². The summed E-state index contributed by atoms with van der Waals surface area (Å²) >= 11 is 1.64. The molecule has 0 saturated heterocycles. The number of para-hydroxylation sites is 1. The van der Waals surface area contributed by atoms with Crippen molar-refractivity contribution in [3.63, 3.8) is 0 Å². The van der Waals surface area contributed by atoms with Crippen molar-refractivity contribution < 1.29 is 9.53 Å². The lowest BCUT2D eigenvalue weighted by Crippen LogP contribution is -2.41. The number of benzene rings is 2. The molecule has 0 bridgehead atoms. The van der Waals surface area contributed by atoms with Crippen LogP contribution in [0, 0.1) is 0 Å². The van der Waals surface area contributed by atoms with Crippen LogP contribution in [-0.4, -0.2) is 47.0 Å². The summed E-state index contributed by atoms with van der Waals surface area (Å²) in [6.07, 6.45) is 2.79. The van der Waals surface area contributed by atoms with E-state index in [1.54, 1.807) is 34.4 Å². The number of aromatic nitrogens is 2. The lowest BCUT2D eigenvalue weighted by atomic mass is 10.2. The second-order valence-corrected chi connectivity index (χ2v) is 8.34. The zero-order valence-corrected chi connectivity index (χ0v) is 19.8. The average Bonchev–Trinajstić information content (AvgIpc) is 2.81. The van der Waals surface area contributed by atoms with Gasteiger partial charge in [-0.15, -0.1) is 11.8 Å². The Morgan fingerprint density at radius 3 is 2.59 bits per heavy atom. The summed E-state index contributed by atoms with van der Waals surface area (Å²) in [6, 6.07) is 14.3. The topological polar surface area (TPSA) is 76.5 Å². The van der Waals surface area contributed by atoms with Crippen LogP contribution in [0.25, 0.3) is 10.9 Å². The van der Waals surface area contributed by atoms with Gasteiger partial charge in [-0.1, -0.05) is 19.1 Å². The zero-order valence-electron chi connectivity index (χ0n) is 19.0. The molecule has 2 amide bonds. The van der Waals surface area contributed by atoms with Crippen LogP contribution in [0.3, 0.4) is 0 Å². The lowest BCUT2D eigenvalue weighted by molar-refractivity contribution is 0.136. The molecule has 1 N–H and O–H groups in total. The molecule has 170 valence electrons. The fourth-order valence-electron chi connectivity index (χ4n) is 3.61. The molecular weight excluding hydrogens is 424 g/mol. The number of amides is 2. The van der Waals surface area contributed by atoms with Crippen LogP contribution in [0.5, 0.6) is 0 Å². The minimum Gasteiger partial charge on any atom is -0.383 e. The Labute approximate surface area is 192 Å². The van der Waals surface area contributed by atoms with E-state index in [0.29, 0.717) is 42.1 Å². The maximum Gasteiger partial charge on any atom is 0.322 e. The first-order chi connectivity index (χ1) is 15.5. The maximum atomic E-state index is 13.2. The number of urea groups is 1. The van der Waals surface area contributed by atoms with E-state index in [1.807, 2.05) is 62.6 Å². The number of ether oxygens (including phenoxy) is 1. The standard InChI is InChI=1S/C24H30N4O3S/c1-5-14-28-22(26-21-9-7-6-8-20(21)23(28)29)17(2)27(15-16-31-3)24(30)25-18-10-12-19(32-4)13-11-18/h6-13,17H,5,14-16H2,1-4H3,(H,25,30). The highest BCUT2D eigenvalue weighted by Crippen LogP contribution is 2.23. The van der Waals surface area contributed by atoms with Gasteiger partial charge in [0.1, 0.15) is 5.82 Å². The first-order valence-electron chi connectivity index (χ1n) is 10.7. The quantitative estimate of drug-likeness (QED) is 0.471. The third-order valence-electron chi connectivity index (χ3n) is 5.32. The summed E-state index contributed by atoms with van der Waals surface area (Å²) in [7, 11) is 1.60. The molecule has 8 heteroatoms. The Bertz CT molecular complexity index is 1110. The summed E-state index contributed by atoms with van der Waals surface area (Å²) < 4.78 is 6.94. The Morgan fingerprint density at radius 2 is 1.94 bits per heavy atom. The molecule has 2 aromatic carbocycles. The lowest BCUT2D eigenvalue weighted by Gasteiger charge is -2.30. The van der Waals surface area contributed by atoms with Crippen molar-refractivity contribution in [2.45, 2.75) is 37.8 Å². The number of carbonyl (C=O) groups excluding carboxylic acids is 1. The van der Waals surface area contributed by atoms with Gasteiger partial charge >= 0.3 is 6.03 Å². The van der Waals surface area contributed by atoms with Gasteiger partial charge < -0.3 is 15.0 Å². The molecule has 1 aromatic heterocycles. The van der Waals surface area contributed by atoms with Crippen molar-refractivity contribution in [1.29, 1.82) is 0 Å². The van der Waals surface area contributed by atoms with Gasteiger partial charge in [0.05, 0.1) is 23.6 Å². The molecule has 0 aliphatic heterocycles. The van der Waals surface area contributed by atoms with Gasteiger partial charge in [-0.2, -0.15) is 0 Å². The van der Waals surface area contributed by atoms with E-state index in [0.717, 1.165) is 11.3 Å². The molecule has 3 aromatic rings. The van der Waals surface area contributed by atoms with Gasteiger partial charge in [-0.25, -0.2) is 9.78 Å². The summed E-state index contributed by atoms with van der Waals surface area (Å²) in [5.74, 6) is 0.569. The number of nitrogens with one attached hydrogen (secondary N) is 1. The van der Waals surface area contributed by atoms with Crippen molar-refractivity contribution in [2.75, 3.05) is 31.8 Å². The highest BCUT2D eigenvalue weighted by molar-refractivity contribution is 7.98. The highest BCUT2D eigenvalue weighted by atomic mass is 32.2. The molecule has 0 spiro atoms. The molecule has 0 radical (unpaired) electrons. The molecular formula is C24H30N4O3S. The molecule has 0 saturated carbocycles. The fraction of sp³-hybridized carbons (Fsp3) is 0.375. The van der Waals surface area contributed by atoms with E-state index in [4.69, 9.17) is 9.72 Å². The molecule has 0 fully saturated rings. The molecule has 3 rings (SSSR count). The minimum absolute atomic E-state index is 0.0842. The van der Waals surface area contributed by atoms with Gasteiger partial charge in [0, 0.05) is 30.8 Å². The number of nitrogens with zero attached hydrogens (tertiary/aromatic N) is 3. The molecule has 32 heavy (non-hydrogen) atoms. The first kappa shape index (κ1) is 23.8. The normalized spacial score (nSPS) is 12.0. The predicted octanol–water partition coefficient (Wildman–Crippen LogP) is 4.77. The van der Waals surface area contributed by atoms with Crippen LogP contribution < -0.4 is 10.9 Å². The third kappa shape index (κ3) is 5.31. The molecule has 7 nitrogen and oxygen atoms in total. The Kier molecular flexibility index (Phi) is 8.30. The summed E-state index contributed by atoms with van der Waals surface area (Å²) in [5.41, 5.74) is 1.25. The van der Waals surface area contributed by atoms with Gasteiger partial charge in [0.25, 0.3) is 5.56 Å². The molecule has 1 atom stereocenters. The van der Waals surface area contributed by atoms with E-state index in [1.165, 1.54) is 0 Å². The van der Waals surface area contributed by atoms with Crippen LogP contribution in [0.4, 0.5) is 10.5 Å². The van der Waals surface area contributed by atoms with Crippen LogP contribution >= 0.6 is 11.8 Å². The minimum atomic E-state index is -0.431. The first-order valence-corrected chi connectivity index (χ1v) is 11.9. The van der Waals surface area contributed by atoms with Gasteiger partial charge in [0.2, 0.25) is 0 Å². The number of hydrogen-bond acceptors (Lipinski definition) is 5. The SMILES string of the molecule is CCCn1c(C(C)N(CCOC)C(=O)Nc2ccc(SC)cc2)nc2ccccc2c1=O. The van der Waals surface area contributed by atoms with E-state index >= 15 is 0 Å². The van der Waals surface area contributed by atoms with Crippen LogP contribution in [0.15, 0.2) is 58.2 Å². The van der Waals surface area contributed by atoms with Crippen LogP contribution in [0.2, 0.25) is 0 Å². The third-order valence-corrected chi connectivity index (χ3v) is 6.06. The maximum absolute atomic E-state index is 13.2. The van der Waals surface area contributed by atoms with E-state index in [9.17, 15) is 9.59 Å². The number of fused-ring (bicyclic) bond motifs is 1. The monoisotopic (exact) mass is 454 g/mol. The van der Waals surface area contributed by atoms with E-state index < -0.39 is 6.04 Å². The molecule has 1 heterocycles. The number of anilines is 1. The van der Waals surface area contributed by atoms with Gasteiger partial charge in [-0.05, 0) is 56.0 Å². The predicted molar refractivity (Wildman–Crippen MR) is 131 cm³/mol. The molecule has 0 aliphatic rings. The smallest absolute Gasteiger partial charge is 0.322 e. The van der Waals surface area contributed by atoms with Crippen molar-refractivity contribution in [3.05, 3.63) is 64.7 Å². The zero-order chi connectivity index (χ0) is 23.1. The second-order valence-electron chi connectivity index (χ2n) is 7.46. The Morgan fingerprint density at radius 1 is 1.22 bits per heavy atom. The highest BCUT2D eigenvalue weighted by Gasteiger charge is 2.26. The van der Waals surface area contributed by atoms with Gasteiger partial charge in [0.15, 0.2) is 0 Å². The van der Waals surface area contributed by atoms with Crippen molar-refractivity contribution in [2.24, 2.45) is 0 Å². The van der Waals surface area contributed by atoms with E-state index in [2.05, 4.69) is 5.32 Å². The van der Waals surface area contributed by atoms with Crippen LogP contribution in [0.1, 0.15) is 32.1 Å². The number of methoxy groups -OCH3 is 1. The average molecular weight is 455 g/mol. The fourth-order valence-corrected chi connectivity index (χ4v) is 4.02. The number of thioether (sulfide) groups is 1. The summed E-state index contributed by atoms with van der Waals surface area (Å²) in [5, 5.41) is 3.55. The Hall–Kier alpha value is -2.84. The van der Waals surface area contributed by atoms with Crippen molar-refractivity contribution >= 4 is 34.4 Å². The molecule has 1 unspecified atom stereocenters. The number of hydrogen-bond donors (Lipinski definition) is 1. The summed E-state index contributed by atoms with van der Waals surface area (Å²) in [6.45, 7) is 5.18.